The van der Waals surface area contributed by atoms with Crippen molar-refractivity contribution >= 4 is 11.9 Å². The number of benzene rings is 2. The number of alkyl halides is 4. The molecule has 1 aliphatic heterocycles. The number of halogens is 6. The fourth-order valence-corrected chi connectivity index (χ4v) is 7.10. The molecule has 55 heavy (non-hydrogen) atoms. The van der Waals surface area contributed by atoms with Gasteiger partial charge in [0.1, 0.15) is 23.8 Å². The third kappa shape index (κ3) is 11.2. The molecule has 0 unspecified atom stereocenters. The van der Waals surface area contributed by atoms with Crippen LogP contribution in [0.1, 0.15) is 90.9 Å². The molecular formula is C42H49F6N3O4. The van der Waals surface area contributed by atoms with E-state index in [2.05, 4.69) is 18.5 Å². The number of nitrogens with one attached hydrogen (secondary N) is 1. The number of pyridine rings is 1. The smallest absolute Gasteiger partial charge is 0.416 e. The highest BCUT2D eigenvalue weighted by Gasteiger charge is 2.36. The van der Waals surface area contributed by atoms with E-state index in [1.807, 2.05) is 0 Å². The van der Waals surface area contributed by atoms with Crippen molar-refractivity contribution in [3.63, 3.8) is 0 Å². The van der Waals surface area contributed by atoms with Crippen LogP contribution in [-0.4, -0.2) is 53.8 Å². The number of carbonyl (C=O) groups excluding carboxylic acids is 2. The summed E-state index contributed by atoms with van der Waals surface area (Å²) in [4.78, 5) is 42.1. The number of hydrogen-bond acceptors (Lipinski definition) is 5. The molecule has 1 N–H and O–H groups in total. The molecule has 0 aliphatic carbocycles. The first-order valence-corrected chi connectivity index (χ1v) is 18.5. The quantitative estimate of drug-likeness (QED) is 0.0570. The summed E-state index contributed by atoms with van der Waals surface area (Å²) in [6, 6.07) is 3.60. The van der Waals surface area contributed by atoms with Gasteiger partial charge in [-0.25, -0.2) is 13.2 Å². The van der Waals surface area contributed by atoms with Crippen LogP contribution in [0.4, 0.5) is 26.3 Å². The summed E-state index contributed by atoms with van der Waals surface area (Å²) in [5.74, 6) is -2.78. The Kier molecular flexibility index (Phi) is 15.1. The summed E-state index contributed by atoms with van der Waals surface area (Å²) in [6.45, 7) is 13.0. The van der Waals surface area contributed by atoms with Gasteiger partial charge in [-0.05, 0) is 130 Å². The van der Waals surface area contributed by atoms with Gasteiger partial charge in [-0.3, -0.25) is 19.3 Å². The first-order valence-electron chi connectivity index (χ1n) is 18.5. The average Bonchev–Trinajstić information content (AvgIpc) is 3.09. The Morgan fingerprint density at radius 1 is 0.982 bits per heavy atom. The van der Waals surface area contributed by atoms with Crippen LogP contribution in [0.2, 0.25) is 0 Å². The monoisotopic (exact) mass is 773 g/mol. The predicted octanol–water partition coefficient (Wildman–Crippen LogP) is 8.84. The molecule has 1 aliphatic rings. The Labute approximate surface area is 318 Å². The van der Waals surface area contributed by atoms with E-state index in [1.54, 1.807) is 30.9 Å². The number of aryl methyl sites for hydroxylation is 4. The number of rotatable bonds is 19. The van der Waals surface area contributed by atoms with E-state index in [0.717, 1.165) is 30.0 Å². The molecule has 1 fully saturated rings. The molecule has 3 aromatic rings. The van der Waals surface area contributed by atoms with Gasteiger partial charge in [0.15, 0.2) is 0 Å². The second kappa shape index (κ2) is 19.3. The van der Waals surface area contributed by atoms with E-state index in [1.165, 1.54) is 31.2 Å². The van der Waals surface area contributed by atoms with Crippen LogP contribution in [0.15, 0.2) is 66.6 Å². The van der Waals surface area contributed by atoms with Gasteiger partial charge in [-0.15, -0.1) is 13.2 Å². The average molecular weight is 774 g/mol. The number of esters is 1. The predicted molar refractivity (Wildman–Crippen MR) is 200 cm³/mol. The maximum absolute atomic E-state index is 16.2. The lowest BCUT2D eigenvalue weighted by Crippen LogP contribution is -2.48. The molecule has 1 saturated heterocycles. The molecule has 0 radical (unpaired) electrons. The second-order valence-electron chi connectivity index (χ2n) is 14.0. The fourth-order valence-electron chi connectivity index (χ4n) is 7.10. The van der Waals surface area contributed by atoms with Crippen molar-refractivity contribution in [2.24, 2.45) is 0 Å². The van der Waals surface area contributed by atoms with Gasteiger partial charge < -0.3 is 14.6 Å². The van der Waals surface area contributed by atoms with Crippen LogP contribution in [0.3, 0.4) is 0 Å². The zero-order valence-electron chi connectivity index (χ0n) is 31.5. The molecule has 0 bridgehead atoms. The minimum atomic E-state index is -4.86. The Morgan fingerprint density at radius 2 is 1.69 bits per heavy atom. The highest BCUT2D eigenvalue weighted by Crippen LogP contribution is 2.36. The van der Waals surface area contributed by atoms with Crippen molar-refractivity contribution < 1.29 is 40.7 Å². The number of hydrogen-bond donors (Lipinski definition) is 1. The molecular weight excluding hydrogens is 724 g/mol. The van der Waals surface area contributed by atoms with E-state index in [-0.39, 0.29) is 55.6 Å². The Balaban J connectivity index is 1.76. The van der Waals surface area contributed by atoms with Gasteiger partial charge >= 0.3 is 12.1 Å². The number of ether oxygens (including phenoxy) is 1. The Bertz CT molecular complexity index is 1920. The third-order valence-corrected chi connectivity index (χ3v) is 9.76. The van der Waals surface area contributed by atoms with Crippen molar-refractivity contribution in [3.05, 3.63) is 117 Å². The van der Waals surface area contributed by atoms with E-state index in [4.69, 9.17) is 4.74 Å². The summed E-state index contributed by atoms with van der Waals surface area (Å²) in [7, 11) is 0. The molecule has 2 atom stereocenters. The van der Waals surface area contributed by atoms with E-state index < -0.39 is 65.5 Å². The summed E-state index contributed by atoms with van der Waals surface area (Å²) >= 11 is 0. The number of allylic oxidation sites excluding steroid dienone is 2. The van der Waals surface area contributed by atoms with Crippen molar-refractivity contribution in [2.75, 3.05) is 26.2 Å². The number of aromatic nitrogens is 1. The number of nitrogens with zero attached hydrogens (tertiary/aromatic N) is 2. The molecule has 13 heteroatoms. The molecule has 4 rings (SSSR count). The standard InChI is InChI=1S/C42H49F6N3O4/c1-6-9-10-11-14-28-19-31(43)18-26(4)39(28)30-17-27(5)40(45)33(20-30)35(22-38(53)55-8-3)49-41(54)36(13-7-2)51-23-29(15-12-16-50-24-32(44)25-50)34(21-37(51)52)42(46,47)48/h6-7,17-21,23,32,35-36H,1-2,8-16,22,24-25H2,3-5H3,(H,49,54)/t35-,36-/m0/s1. The summed E-state index contributed by atoms with van der Waals surface area (Å²) in [5.41, 5.74) is 0.159. The topological polar surface area (TPSA) is 80.6 Å². The van der Waals surface area contributed by atoms with Crippen LogP contribution >= 0.6 is 0 Å². The van der Waals surface area contributed by atoms with Crippen molar-refractivity contribution in [3.8, 4) is 11.1 Å². The lowest BCUT2D eigenvalue weighted by molar-refractivity contribution is -0.144. The van der Waals surface area contributed by atoms with Crippen LogP contribution in [0.5, 0.6) is 0 Å². The first-order chi connectivity index (χ1) is 26.1. The van der Waals surface area contributed by atoms with Gasteiger partial charge in [0.05, 0.1) is 24.6 Å². The minimum absolute atomic E-state index is 0.0000296. The van der Waals surface area contributed by atoms with Crippen LogP contribution in [0.25, 0.3) is 11.1 Å². The van der Waals surface area contributed by atoms with Crippen LogP contribution < -0.4 is 10.9 Å². The molecule has 0 saturated carbocycles. The number of unbranched alkanes of at least 4 members (excludes halogenated alkanes) is 2. The van der Waals surface area contributed by atoms with E-state index >= 15 is 4.39 Å². The van der Waals surface area contributed by atoms with Gasteiger partial charge in [-0.1, -0.05) is 12.2 Å². The van der Waals surface area contributed by atoms with Gasteiger partial charge in [0.25, 0.3) is 5.56 Å². The van der Waals surface area contributed by atoms with Crippen LogP contribution in [0, 0.1) is 25.5 Å². The fraction of sp³-hybridized carbons (Fsp3) is 0.452. The number of amides is 1. The second-order valence-corrected chi connectivity index (χ2v) is 14.0. The van der Waals surface area contributed by atoms with Crippen LogP contribution in [-0.2, 0) is 33.3 Å². The van der Waals surface area contributed by atoms with E-state index in [9.17, 15) is 36.3 Å². The van der Waals surface area contributed by atoms with Gasteiger partial charge in [-0.2, -0.15) is 13.2 Å². The molecule has 2 aromatic carbocycles. The van der Waals surface area contributed by atoms with Crippen molar-refractivity contribution in [2.45, 2.75) is 96.6 Å². The van der Waals surface area contributed by atoms with Crippen molar-refractivity contribution in [1.82, 2.24) is 14.8 Å². The SMILES string of the molecule is C=CCCCCc1cc(F)cc(C)c1-c1cc(C)c(F)c([C@H](CC(=O)OCC)NC(=O)[C@H](CC=C)n2cc(CCCN3CC(F)C3)c(C(F)(F)F)cc2=O)c1. The largest absolute Gasteiger partial charge is 0.466 e. The highest BCUT2D eigenvalue weighted by atomic mass is 19.4. The molecule has 0 spiro atoms. The summed E-state index contributed by atoms with van der Waals surface area (Å²) in [6.07, 6.45) is 0.615. The lowest BCUT2D eigenvalue weighted by atomic mass is 9.88. The summed E-state index contributed by atoms with van der Waals surface area (Å²) < 4.78 is 92.5. The molecule has 1 amide bonds. The van der Waals surface area contributed by atoms with E-state index in [0.29, 0.717) is 41.3 Å². The van der Waals surface area contributed by atoms with Crippen molar-refractivity contribution in [1.29, 1.82) is 0 Å². The first kappa shape index (κ1) is 43.1. The molecule has 1 aromatic heterocycles. The zero-order chi connectivity index (χ0) is 40.4. The lowest BCUT2D eigenvalue weighted by Gasteiger charge is -2.34. The van der Waals surface area contributed by atoms with Gasteiger partial charge in [0, 0.05) is 30.9 Å². The third-order valence-electron chi connectivity index (χ3n) is 9.76. The maximum atomic E-state index is 16.2. The molecule has 298 valence electrons. The maximum Gasteiger partial charge on any atom is 0.416 e. The Hall–Kier alpha value is -4.65. The summed E-state index contributed by atoms with van der Waals surface area (Å²) in [5, 5.41) is 2.69. The number of likely N-dealkylation sites (tertiary alicyclic amines) is 1. The zero-order valence-corrected chi connectivity index (χ0v) is 31.5. The molecule has 7 nitrogen and oxygen atoms in total. The molecule has 2 heterocycles. The number of carbonyl (C=O) groups is 2. The van der Waals surface area contributed by atoms with Gasteiger partial charge in [0.2, 0.25) is 5.91 Å². The Morgan fingerprint density at radius 3 is 2.33 bits per heavy atom. The highest BCUT2D eigenvalue weighted by molar-refractivity contribution is 5.82. The normalized spacial score (nSPS) is 14.6. The minimum Gasteiger partial charge on any atom is -0.466 e.